The second-order valence-electron chi connectivity index (χ2n) is 10.3. The molecule has 3 aromatic rings. The molecule has 9 heteroatoms. The number of anilines is 2. The van der Waals surface area contributed by atoms with Crippen molar-refractivity contribution in [1.29, 1.82) is 0 Å². The SMILES string of the molecule is CC[C@@H](CC(=O)N1C(=O)[C@H](Cc2cc(C)nc(N)c2)[C@H]1C(=O)N(C)c1nccn1C)c1cc(C)ccc1C. The number of nitrogens with zero attached hydrogens (tertiary/aromatic N) is 5. The highest BCUT2D eigenvalue weighted by Crippen LogP contribution is 2.36. The van der Waals surface area contributed by atoms with Crippen molar-refractivity contribution in [3.8, 4) is 0 Å². The van der Waals surface area contributed by atoms with Gasteiger partial charge in [0, 0.05) is 38.6 Å². The molecule has 4 rings (SSSR count). The Morgan fingerprint density at radius 1 is 1.16 bits per heavy atom. The van der Waals surface area contributed by atoms with Crippen molar-refractivity contribution >= 4 is 29.5 Å². The van der Waals surface area contributed by atoms with E-state index in [9.17, 15) is 14.4 Å². The number of hydrogen-bond acceptors (Lipinski definition) is 6. The van der Waals surface area contributed by atoms with Gasteiger partial charge in [0.15, 0.2) is 0 Å². The van der Waals surface area contributed by atoms with Crippen LogP contribution in [0.15, 0.2) is 42.7 Å². The van der Waals surface area contributed by atoms with Gasteiger partial charge in [0.25, 0.3) is 5.91 Å². The van der Waals surface area contributed by atoms with Gasteiger partial charge in [-0.2, -0.15) is 0 Å². The molecule has 1 fully saturated rings. The van der Waals surface area contributed by atoms with Crippen LogP contribution < -0.4 is 10.6 Å². The first-order valence-electron chi connectivity index (χ1n) is 12.9. The van der Waals surface area contributed by atoms with Crippen LogP contribution in [-0.2, 0) is 27.9 Å². The first-order valence-corrected chi connectivity index (χ1v) is 12.9. The minimum absolute atomic E-state index is 0.0556. The average Bonchev–Trinajstić information content (AvgIpc) is 3.29. The zero-order valence-electron chi connectivity index (χ0n) is 22.9. The average molecular weight is 517 g/mol. The third-order valence-electron chi connectivity index (χ3n) is 7.44. The Morgan fingerprint density at radius 3 is 2.53 bits per heavy atom. The molecule has 2 N–H and O–H groups in total. The van der Waals surface area contributed by atoms with Crippen LogP contribution in [0.25, 0.3) is 0 Å². The maximum absolute atomic E-state index is 13.8. The van der Waals surface area contributed by atoms with Crippen molar-refractivity contribution in [2.24, 2.45) is 13.0 Å². The fourth-order valence-electron chi connectivity index (χ4n) is 5.41. The molecule has 1 aromatic carbocycles. The lowest BCUT2D eigenvalue weighted by Gasteiger charge is -2.46. The van der Waals surface area contributed by atoms with Crippen LogP contribution in [0.4, 0.5) is 11.8 Å². The predicted molar refractivity (Wildman–Crippen MR) is 146 cm³/mol. The van der Waals surface area contributed by atoms with E-state index in [1.54, 1.807) is 37.1 Å². The van der Waals surface area contributed by atoms with E-state index < -0.39 is 12.0 Å². The molecule has 3 atom stereocenters. The highest BCUT2D eigenvalue weighted by Gasteiger charge is 2.55. The number of imidazole rings is 1. The highest BCUT2D eigenvalue weighted by molar-refractivity contribution is 6.12. The maximum atomic E-state index is 13.8. The van der Waals surface area contributed by atoms with Gasteiger partial charge in [-0.3, -0.25) is 24.2 Å². The second-order valence-corrected chi connectivity index (χ2v) is 10.3. The molecule has 1 saturated heterocycles. The number of pyridine rings is 1. The van der Waals surface area contributed by atoms with Gasteiger partial charge in [-0.15, -0.1) is 0 Å². The number of aryl methyl sites for hydroxylation is 4. The van der Waals surface area contributed by atoms with Crippen LogP contribution in [0.3, 0.4) is 0 Å². The monoisotopic (exact) mass is 516 g/mol. The molecule has 0 spiro atoms. The second kappa shape index (κ2) is 10.8. The third-order valence-corrected chi connectivity index (χ3v) is 7.44. The molecule has 1 aliphatic heterocycles. The number of likely N-dealkylation sites (tertiary alicyclic amines) is 1. The number of benzene rings is 1. The van der Waals surface area contributed by atoms with Crippen molar-refractivity contribution in [2.75, 3.05) is 17.7 Å². The van der Waals surface area contributed by atoms with E-state index in [0.29, 0.717) is 11.8 Å². The number of nitrogens with two attached hydrogens (primary N) is 1. The summed E-state index contributed by atoms with van der Waals surface area (Å²) in [6.07, 6.45) is 4.52. The minimum Gasteiger partial charge on any atom is -0.384 e. The quantitative estimate of drug-likeness (QED) is 0.459. The summed E-state index contributed by atoms with van der Waals surface area (Å²) in [4.78, 5) is 52.0. The number of hydrogen-bond donors (Lipinski definition) is 1. The Bertz CT molecular complexity index is 1360. The molecule has 38 heavy (non-hydrogen) atoms. The van der Waals surface area contributed by atoms with Crippen molar-refractivity contribution < 1.29 is 14.4 Å². The lowest BCUT2D eigenvalue weighted by atomic mass is 9.80. The predicted octanol–water partition coefficient (Wildman–Crippen LogP) is 3.47. The lowest BCUT2D eigenvalue weighted by molar-refractivity contribution is -0.170. The molecule has 0 bridgehead atoms. The summed E-state index contributed by atoms with van der Waals surface area (Å²) in [7, 11) is 3.41. The van der Waals surface area contributed by atoms with Crippen LogP contribution in [0.1, 0.15) is 53.6 Å². The smallest absolute Gasteiger partial charge is 0.253 e. The van der Waals surface area contributed by atoms with Crippen LogP contribution in [0, 0.1) is 26.7 Å². The number of carbonyl (C=O) groups is 3. The Kier molecular flexibility index (Phi) is 7.66. The number of imide groups is 1. The zero-order chi connectivity index (χ0) is 27.7. The molecule has 2 aromatic heterocycles. The first kappa shape index (κ1) is 27.0. The largest absolute Gasteiger partial charge is 0.384 e. The number of amides is 3. The highest BCUT2D eigenvalue weighted by atomic mass is 16.2. The van der Waals surface area contributed by atoms with Gasteiger partial charge >= 0.3 is 0 Å². The summed E-state index contributed by atoms with van der Waals surface area (Å²) in [5.41, 5.74) is 10.8. The van der Waals surface area contributed by atoms with E-state index in [0.717, 1.165) is 39.3 Å². The van der Waals surface area contributed by atoms with Gasteiger partial charge in [-0.1, -0.05) is 30.7 Å². The number of carbonyl (C=O) groups excluding carboxylic acids is 3. The minimum atomic E-state index is -0.928. The Morgan fingerprint density at radius 2 is 1.89 bits per heavy atom. The molecule has 9 nitrogen and oxygen atoms in total. The number of likely N-dealkylation sites (N-methyl/N-ethyl adjacent to an activating group) is 1. The molecule has 0 saturated carbocycles. The number of aromatic nitrogens is 3. The summed E-state index contributed by atoms with van der Waals surface area (Å²) >= 11 is 0. The number of β-lactam (4-membered cyclic amide) rings is 1. The molecule has 200 valence electrons. The van der Waals surface area contributed by atoms with Gasteiger partial charge in [0.05, 0.1) is 5.92 Å². The summed E-state index contributed by atoms with van der Waals surface area (Å²) in [6.45, 7) is 7.92. The van der Waals surface area contributed by atoms with Crippen molar-refractivity contribution in [3.05, 3.63) is 70.7 Å². The van der Waals surface area contributed by atoms with Crippen LogP contribution in [0.5, 0.6) is 0 Å². The molecule has 0 unspecified atom stereocenters. The fourth-order valence-corrected chi connectivity index (χ4v) is 5.41. The maximum Gasteiger partial charge on any atom is 0.253 e. The summed E-state index contributed by atoms with van der Waals surface area (Å²) in [5, 5.41) is 0. The van der Waals surface area contributed by atoms with E-state index in [1.165, 1.54) is 4.90 Å². The van der Waals surface area contributed by atoms with E-state index >= 15 is 0 Å². The third kappa shape index (κ3) is 5.18. The standard InChI is InChI=1S/C29H36N6O3/c1-7-21(22-12-17(2)8-9-18(22)3)16-25(36)35-26(28(38)34(6)29-31-10-11-33(29)5)23(27(35)37)14-20-13-19(4)32-24(30)15-20/h8-13,15,21,23,26H,7,14,16H2,1-6H3,(H2,30,32)/t21-,23+,26-/m0/s1. The molecular weight excluding hydrogens is 480 g/mol. The van der Waals surface area contributed by atoms with E-state index in [1.807, 2.05) is 39.8 Å². The number of nitrogen functional groups attached to an aromatic ring is 1. The first-order chi connectivity index (χ1) is 18.0. The Labute approximate surface area is 223 Å². The Hall–Kier alpha value is -4.01. The topological polar surface area (TPSA) is 114 Å². The van der Waals surface area contributed by atoms with E-state index in [4.69, 9.17) is 5.73 Å². The lowest BCUT2D eigenvalue weighted by Crippen LogP contribution is -2.69. The van der Waals surface area contributed by atoms with Gasteiger partial charge < -0.3 is 10.3 Å². The fraction of sp³-hybridized carbons (Fsp3) is 0.414. The Balaban J connectivity index is 1.63. The summed E-state index contributed by atoms with van der Waals surface area (Å²) in [6, 6.07) is 8.84. The van der Waals surface area contributed by atoms with Gasteiger partial charge in [0.2, 0.25) is 17.8 Å². The number of rotatable bonds is 8. The summed E-state index contributed by atoms with van der Waals surface area (Å²) in [5.74, 6) is -0.980. The van der Waals surface area contributed by atoms with Crippen molar-refractivity contribution in [3.63, 3.8) is 0 Å². The normalized spacial score (nSPS) is 17.7. The van der Waals surface area contributed by atoms with Crippen molar-refractivity contribution in [1.82, 2.24) is 19.4 Å². The molecule has 1 aliphatic rings. The summed E-state index contributed by atoms with van der Waals surface area (Å²) < 4.78 is 1.72. The van der Waals surface area contributed by atoms with Crippen LogP contribution in [0.2, 0.25) is 0 Å². The molecule has 0 aliphatic carbocycles. The van der Waals surface area contributed by atoms with Gasteiger partial charge in [-0.25, -0.2) is 9.97 Å². The van der Waals surface area contributed by atoms with E-state index in [-0.39, 0.29) is 36.5 Å². The molecule has 0 radical (unpaired) electrons. The molecule has 3 heterocycles. The van der Waals surface area contributed by atoms with Crippen molar-refractivity contribution in [2.45, 2.75) is 58.9 Å². The molecular formula is C29H36N6O3. The van der Waals surface area contributed by atoms with Crippen LogP contribution in [-0.4, -0.2) is 50.2 Å². The zero-order valence-corrected chi connectivity index (χ0v) is 22.9. The van der Waals surface area contributed by atoms with E-state index in [2.05, 4.69) is 22.1 Å². The van der Waals surface area contributed by atoms with Crippen LogP contribution >= 0.6 is 0 Å². The molecule has 3 amide bonds. The van der Waals surface area contributed by atoms with Gasteiger partial charge in [-0.05, 0) is 68.4 Å². The van der Waals surface area contributed by atoms with Gasteiger partial charge in [0.1, 0.15) is 11.9 Å².